The molecule has 0 amide bonds. The highest BCUT2D eigenvalue weighted by molar-refractivity contribution is 5.89. The van der Waals surface area contributed by atoms with Crippen LogP contribution >= 0.6 is 0 Å². The van der Waals surface area contributed by atoms with E-state index in [1.54, 1.807) is 0 Å². The number of hydrogen-bond donors (Lipinski definition) is 0. The van der Waals surface area contributed by atoms with Crippen LogP contribution in [0.4, 0.5) is 0 Å². The fraction of sp³-hybridized carbons (Fsp3) is 0.0377. The summed E-state index contributed by atoms with van der Waals surface area (Å²) in [5.41, 5.74) is 17.7. The second-order valence-corrected chi connectivity index (χ2v) is 14.0. The van der Waals surface area contributed by atoms with Crippen molar-refractivity contribution in [1.82, 2.24) is 15.0 Å². The van der Waals surface area contributed by atoms with E-state index < -0.39 is 0 Å². The zero-order chi connectivity index (χ0) is 36.6. The Balaban J connectivity index is 0.00000410. The van der Waals surface area contributed by atoms with Gasteiger partial charge in [-0.15, -0.1) is 0 Å². The van der Waals surface area contributed by atoms with Gasteiger partial charge in [0, 0.05) is 23.1 Å². The lowest BCUT2D eigenvalue weighted by molar-refractivity contribution is 1.07. The zero-order valence-electron chi connectivity index (χ0n) is 30.1. The third-order valence-corrected chi connectivity index (χ3v) is 10.7. The lowest BCUT2D eigenvalue weighted by Crippen LogP contribution is -2.02. The molecule has 10 rings (SSSR count). The van der Waals surface area contributed by atoms with Crippen LogP contribution in [0.3, 0.4) is 0 Å². The van der Waals surface area contributed by atoms with Crippen molar-refractivity contribution in [2.45, 2.75) is 13.8 Å². The van der Waals surface area contributed by atoms with E-state index in [1.165, 1.54) is 61.2 Å². The molecule has 1 aromatic heterocycles. The van der Waals surface area contributed by atoms with Gasteiger partial charge in [-0.05, 0) is 72.8 Å². The summed E-state index contributed by atoms with van der Waals surface area (Å²) < 4.78 is 0. The third kappa shape index (κ3) is 6.50. The number of nitrogens with zero attached hydrogens (tertiary/aromatic N) is 3. The summed E-state index contributed by atoms with van der Waals surface area (Å²) in [4.78, 5) is 15.3. The molecular formula is C53H39N3. The summed E-state index contributed by atoms with van der Waals surface area (Å²) in [6.07, 6.45) is 0.792. The first-order valence-corrected chi connectivity index (χ1v) is 18.7. The fourth-order valence-corrected chi connectivity index (χ4v) is 7.85. The standard InChI is InChI=1S/C52H35N3.CH4/c1-4-13-35(14-5-1)37-25-27-39(28-26-37)42-19-10-20-43(33-42)44-21-11-22-45-46-23-12-24-47(49(46)34-48(44)45)52-54-50(40-17-8-3-9-18-40)53-51(55-52)41-31-29-38(30-32-41)36-15-6-2-7-16-36;/h1-33H,34H2;1H4. The highest BCUT2D eigenvalue weighted by Gasteiger charge is 2.26. The van der Waals surface area contributed by atoms with Gasteiger partial charge < -0.3 is 0 Å². The van der Waals surface area contributed by atoms with Gasteiger partial charge in [0.2, 0.25) is 0 Å². The molecule has 0 bridgehead atoms. The lowest BCUT2D eigenvalue weighted by Gasteiger charge is -2.12. The second-order valence-electron chi connectivity index (χ2n) is 14.0. The summed E-state index contributed by atoms with van der Waals surface area (Å²) in [5, 5.41) is 0. The monoisotopic (exact) mass is 717 g/mol. The predicted octanol–water partition coefficient (Wildman–Crippen LogP) is 13.7. The molecule has 3 nitrogen and oxygen atoms in total. The average Bonchev–Trinajstić information content (AvgIpc) is 3.67. The van der Waals surface area contributed by atoms with E-state index in [2.05, 4.69) is 176 Å². The van der Waals surface area contributed by atoms with Crippen LogP contribution in [0.2, 0.25) is 0 Å². The Morgan fingerprint density at radius 2 is 0.589 bits per heavy atom. The number of fused-ring (bicyclic) bond motifs is 3. The maximum Gasteiger partial charge on any atom is 0.164 e. The number of aromatic nitrogens is 3. The van der Waals surface area contributed by atoms with Crippen LogP contribution in [0.5, 0.6) is 0 Å². The molecule has 1 heterocycles. The fourth-order valence-electron chi connectivity index (χ4n) is 7.85. The van der Waals surface area contributed by atoms with Crippen LogP contribution in [0.1, 0.15) is 18.6 Å². The van der Waals surface area contributed by atoms with Gasteiger partial charge in [0.1, 0.15) is 0 Å². The van der Waals surface area contributed by atoms with Gasteiger partial charge in [-0.2, -0.15) is 0 Å². The molecule has 0 unspecified atom stereocenters. The molecule has 3 heteroatoms. The van der Waals surface area contributed by atoms with Crippen molar-refractivity contribution in [1.29, 1.82) is 0 Å². The molecule has 8 aromatic carbocycles. The molecule has 9 aromatic rings. The van der Waals surface area contributed by atoms with Gasteiger partial charge in [0.05, 0.1) is 0 Å². The van der Waals surface area contributed by atoms with Crippen molar-refractivity contribution in [3.63, 3.8) is 0 Å². The molecule has 0 atom stereocenters. The average molecular weight is 718 g/mol. The Hall–Kier alpha value is -7.23. The van der Waals surface area contributed by atoms with E-state index in [9.17, 15) is 0 Å². The Morgan fingerprint density at radius 3 is 1.14 bits per heavy atom. The maximum absolute atomic E-state index is 5.17. The van der Waals surface area contributed by atoms with E-state index in [0.717, 1.165) is 28.7 Å². The molecule has 0 fully saturated rings. The van der Waals surface area contributed by atoms with Gasteiger partial charge >= 0.3 is 0 Å². The van der Waals surface area contributed by atoms with E-state index >= 15 is 0 Å². The highest BCUT2D eigenvalue weighted by Crippen LogP contribution is 2.45. The first-order valence-electron chi connectivity index (χ1n) is 18.7. The molecule has 0 saturated carbocycles. The van der Waals surface area contributed by atoms with Crippen LogP contribution in [-0.2, 0) is 6.42 Å². The van der Waals surface area contributed by atoms with Gasteiger partial charge in [-0.25, -0.2) is 15.0 Å². The molecule has 0 aliphatic heterocycles. The maximum atomic E-state index is 5.17. The zero-order valence-corrected chi connectivity index (χ0v) is 30.1. The van der Waals surface area contributed by atoms with Crippen molar-refractivity contribution in [3.05, 3.63) is 211 Å². The summed E-state index contributed by atoms with van der Waals surface area (Å²) in [6.45, 7) is 0. The Kier molecular flexibility index (Phi) is 9.18. The minimum absolute atomic E-state index is 0. The smallest absolute Gasteiger partial charge is 0.164 e. The second kappa shape index (κ2) is 14.9. The summed E-state index contributed by atoms with van der Waals surface area (Å²) in [7, 11) is 0. The number of rotatable bonds is 7. The third-order valence-electron chi connectivity index (χ3n) is 10.7. The van der Waals surface area contributed by atoms with E-state index in [4.69, 9.17) is 15.0 Å². The van der Waals surface area contributed by atoms with Crippen molar-refractivity contribution in [2.24, 2.45) is 0 Å². The van der Waals surface area contributed by atoms with Crippen LogP contribution in [0.25, 0.3) is 89.8 Å². The largest absolute Gasteiger partial charge is 0.208 e. The number of benzene rings is 8. The SMILES string of the molecule is C.c1ccc(-c2ccc(-c3cccc(-c4cccc5c4Cc4c(-c6nc(-c7ccccc7)nc(-c7ccc(-c8ccccc8)cc7)n6)cccc4-5)c3)cc2)cc1. The Morgan fingerprint density at radius 1 is 0.250 bits per heavy atom. The summed E-state index contributed by atoms with van der Waals surface area (Å²) in [6, 6.07) is 70.7. The van der Waals surface area contributed by atoms with Gasteiger partial charge in [0.25, 0.3) is 0 Å². The van der Waals surface area contributed by atoms with Gasteiger partial charge in [0.15, 0.2) is 17.5 Å². The predicted molar refractivity (Wildman–Crippen MR) is 233 cm³/mol. The molecule has 56 heavy (non-hydrogen) atoms. The van der Waals surface area contributed by atoms with Crippen LogP contribution in [0.15, 0.2) is 200 Å². The van der Waals surface area contributed by atoms with Crippen LogP contribution in [-0.4, -0.2) is 15.0 Å². The molecule has 0 spiro atoms. The molecule has 1 aliphatic carbocycles. The molecule has 0 N–H and O–H groups in total. The molecule has 266 valence electrons. The molecular weight excluding hydrogens is 679 g/mol. The van der Waals surface area contributed by atoms with Crippen molar-refractivity contribution >= 4 is 0 Å². The van der Waals surface area contributed by atoms with E-state index in [-0.39, 0.29) is 7.43 Å². The van der Waals surface area contributed by atoms with Crippen molar-refractivity contribution < 1.29 is 0 Å². The first-order chi connectivity index (χ1) is 27.2. The highest BCUT2D eigenvalue weighted by atomic mass is 15.0. The molecule has 1 aliphatic rings. The van der Waals surface area contributed by atoms with Gasteiger partial charge in [-0.1, -0.05) is 202 Å². The topological polar surface area (TPSA) is 38.7 Å². The van der Waals surface area contributed by atoms with Crippen LogP contribution < -0.4 is 0 Å². The minimum Gasteiger partial charge on any atom is -0.208 e. The summed E-state index contributed by atoms with van der Waals surface area (Å²) in [5.74, 6) is 2.00. The van der Waals surface area contributed by atoms with Crippen molar-refractivity contribution in [2.75, 3.05) is 0 Å². The quantitative estimate of drug-likeness (QED) is 0.165. The molecule has 0 saturated heterocycles. The van der Waals surface area contributed by atoms with Gasteiger partial charge in [-0.3, -0.25) is 0 Å². The Bertz CT molecular complexity index is 2790. The summed E-state index contributed by atoms with van der Waals surface area (Å²) >= 11 is 0. The Labute approximate surface area is 328 Å². The van der Waals surface area contributed by atoms with E-state index in [0.29, 0.717) is 17.5 Å². The normalized spacial score (nSPS) is 11.4. The lowest BCUT2D eigenvalue weighted by atomic mass is 9.93. The van der Waals surface area contributed by atoms with Crippen LogP contribution in [0, 0.1) is 0 Å². The minimum atomic E-state index is 0. The van der Waals surface area contributed by atoms with E-state index in [1.807, 2.05) is 24.3 Å². The number of hydrogen-bond acceptors (Lipinski definition) is 3. The van der Waals surface area contributed by atoms with Crippen molar-refractivity contribution in [3.8, 4) is 89.8 Å². The molecule has 0 radical (unpaired) electrons. The first kappa shape index (κ1) is 34.5.